The molecule has 1 aromatic heterocycles. The number of hydrogen-bond acceptors (Lipinski definition) is 4. The molecule has 106 valence electrons. The maximum absolute atomic E-state index is 5.64. The predicted molar refractivity (Wildman–Crippen MR) is 83.8 cm³/mol. The van der Waals surface area contributed by atoms with Gasteiger partial charge < -0.3 is 10.3 Å². The number of aromatic nitrogens is 3. The summed E-state index contributed by atoms with van der Waals surface area (Å²) in [6, 6.07) is 10.5. The van der Waals surface area contributed by atoms with Crippen LogP contribution in [0, 0.1) is 0 Å². The molecule has 0 radical (unpaired) electrons. The Bertz CT molecular complexity index is 536. The summed E-state index contributed by atoms with van der Waals surface area (Å²) in [5.74, 6) is 1.81. The summed E-state index contributed by atoms with van der Waals surface area (Å²) >= 11 is 1.66. The van der Waals surface area contributed by atoms with Crippen molar-refractivity contribution in [1.82, 2.24) is 14.8 Å². The molecule has 0 amide bonds. The van der Waals surface area contributed by atoms with Crippen molar-refractivity contribution >= 4 is 11.8 Å². The van der Waals surface area contributed by atoms with Gasteiger partial charge in [-0.1, -0.05) is 48.2 Å². The molecule has 2 N–H and O–H groups in total. The Morgan fingerprint density at radius 2 is 2.00 bits per heavy atom. The molecule has 5 heteroatoms. The van der Waals surface area contributed by atoms with Crippen molar-refractivity contribution in [3.63, 3.8) is 0 Å². The SMILES string of the molecule is C=CCSc1nnc(CCN)n1CCc1ccccc1. The lowest BCUT2D eigenvalue weighted by Gasteiger charge is -2.09. The maximum Gasteiger partial charge on any atom is 0.191 e. The first kappa shape index (κ1) is 14.8. The van der Waals surface area contributed by atoms with E-state index in [-0.39, 0.29) is 0 Å². The van der Waals surface area contributed by atoms with E-state index >= 15 is 0 Å². The Morgan fingerprint density at radius 3 is 2.70 bits per heavy atom. The van der Waals surface area contributed by atoms with Crippen molar-refractivity contribution < 1.29 is 0 Å². The molecule has 0 aliphatic rings. The lowest BCUT2D eigenvalue weighted by molar-refractivity contribution is 0.601. The second-order valence-electron chi connectivity index (χ2n) is 4.42. The molecule has 1 heterocycles. The molecule has 0 spiro atoms. The average molecular weight is 288 g/mol. The molecule has 1 aromatic carbocycles. The van der Waals surface area contributed by atoms with Crippen molar-refractivity contribution in [1.29, 1.82) is 0 Å². The Morgan fingerprint density at radius 1 is 1.20 bits per heavy atom. The summed E-state index contributed by atoms with van der Waals surface area (Å²) in [4.78, 5) is 0. The molecule has 4 nitrogen and oxygen atoms in total. The highest BCUT2D eigenvalue weighted by Crippen LogP contribution is 2.18. The molecular weight excluding hydrogens is 268 g/mol. The van der Waals surface area contributed by atoms with Crippen molar-refractivity contribution in [2.75, 3.05) is 12.3 Å². The van der Waals surface area contributed by atoms with Gasteiger partial charge in [-0.25, -0.2) is 0 Å². The van der Waals surface area contributed by atoms with Gasteiger partial charge in [0.1, 0.15) is 5.82 Å². The molecule has 2 aromatic rings. The first-order valence-electron chi connectivity index (χ1n) is 6.75. The molecule has 20 heavy (non-hydrogen) atoms. The minimum absolute atomic E-state index is 0.593. The number of thioether (sulfide) groups is 1. The van der Waals surface area contributed by atoms with Crippen molar-refractivity contribution in [2.24, 2.45) is 5.73 Å². The van der Waals surface area contributed by atoms with Crippen LogP contribution in [0.4, 0.5) is 0 Å². The smallest absolute Gasteiger partial charge is 0.191 e. The third-order valence-corrected chi connectivity index (χ3v) is 3.92. The van der Waals surface area contributed by atoms with E-state index < -0.39 is 0 Å². The molecular formula is C15H20N4S. The van der Waals surface area contributed by atoms with Crippen LogP contribution in [0.15, 0.2) is 48.1 Å². The summed E-state index contributed by atoms with van der Waals surface area (Å²) in [5.41, 5.74) is 6.96. The normalized spacial score (nSPS) is 10.7. The molecule has 0 bridgehead atoms. The van der Waals surface area contributed by atoms with Gasteiger partial charge in [0.05, 0.1) is 0 Å². The zero-order valence-electron chi connectivity index (χ0n) is 11.5. The van der Waals surface area contributed by atoms with Crippen LogP contribution in [0.2, 0.25) is 0 Å². The van der Waals surface area contributed by atoms with E-state index in [4.69, 9.17) is 5.73 Å². The van der Waals surface area contributed by atoms with E-state index in [0.717, 1.165) is 36.1 Å². The fraction of sp³-hybridized carbons (Fsp3) is 0.333. The molecule has 0 saturated heterocycles. The van der Waals surface area contributed by atoms with Crippen LogP contribution in [0.1, 0.15) is 11.4 Å². The highest BCUT2D eigenvalue weighted by atomic mass is 32.2. The van der Waals surface area contributed by atoms with Gasteiger partial charge in [-0.2, -0.15) is 0 Å². The summed E-state index contributed by atoms with van der Waals surface area (Å²) in [7, 11) is 0. The fourth-order valence-electron chi connectivity index (χ4n) is 1.98. The number of benzene rings is 1. The number of rotatable bonds is 8. The second-order valence-corrected chi connectivity index (χ2v) is 5.41. The molecule has 0 fully saturated rings. The van der Waals surface area contributed by atoms with E-state index in [2.05, 4.69) is 45.6 Å². The minimum atomic E-state index is 0.593. The van der Waals surface area contributed by atoms with Crippen molar-refractivity contribution in [2.45, 2.75) is 24.5 Å². The Hall–Kier alpha value is -1.59. The number of nitrogens with two attached hydrogens (primary N) is 1. The number of hydrogen-bond donors (Lipinski definition) is 1. The summed E-state index contributed by atoms with van der Waals surface area (Å²) in [5, 5.41) is 9.45. The van der Waals surface area contributed by atoms with E-state index in [1.807, 2.05) is 12.1 Å². The van der Waals surface area contributed by atoms with Crippen LogP contribution in [0.25, 0.3) is 0 Å². The summed E-state index contributed by atoms with van der Waals surface area (Å²) in [6.07, 6.45) is 3.61. The highest BCUT2D eigenvalue weighted by molar-refractivity contribution is 7.99. The largest absolute Gasteiger partial charge is 0.330 e. The topological polar surface area (TPSA) is 56.7 Å². The zero-order valence-corrected chi connectivity index (χ0v) is 12.4. The average Bonchev–Trinajstić information content (AvgIpc) is 2.86. The first-order valence-corrected chi connectivity index (χ1v) is 7.73. The molecule has 2 rings (SSSR count). The summed E-state index contributed by atoms with van der Waals surface area (Å²) in [6.45, 7) is 5.22. The zero-order chi connectivity index (χ0) is 14.2. The lowest BCUT2D eigenvalue weighted by Crippen LogP contribution is -2.12. The van der Waals surface area contributed by atoms with Gasteiger partial charge in [-0.05, 0) is 18.5 Å². The van der Waals surface area contributed by atoms with E-state index in [1.165, 1.54) is 5.56 Å². The molecule has 0 atom stereocenters. The van der Waals surface area contributed by atoms with E-state index in [0.29, 0.717) is 6.54 Å². The quantitative estimate of drug-likeness (QED) is 0.598. The van der Waals surface area contributed by atoms with Crippen LogP contribution in [0.5, 0.6) is 0 Å². The molecule has 0 aliphatic heterocycles. The maximum atomic E-state index is 5.64. The van der Waals surface area contributed by atoms with Crippen LogP contribution < -0.4 is 5.73 Å². The monoisotopic (exact) mass is 288 g/mol. The van der Waals surface area contributed by atoms with Gasteiger partial charge in [0.25, 0.3) is 0 Å². The van der Waals surface area contributed by atoms with Gasteiger partial charge in [-0.15, -0.1) is 16.8 Å². The van der Waals surface area contributed by atoms with Crippen LogP contribution >= 0.6 is 11.8 Å². The highest BCUT2D eigenvalue weighted by Gasteiger charge is 2.11. The van der Waals surface area contributed by atoms with Crippen LogP contribution in [-0.2, 0) is 19.4 Å². The molecule has 0 aliphatic carbocycles. The fourth-order valence-corrected chi connectivity index (χ4v) is 2.70. The third-order valence-electron chi connectivity index (χ3n) is 2.96. The third kappa shape index (κ3) is 3.95. The Balaban J connectivity index is 2.10. The van der Waals surface area contributed by atoms with E-state index in [1.54, 1.807) is 11.8 Å². The first-order chi connectivity index (χ1) is 9.85. The van der Waals surface area contributed by atoms with Gasteiger partial charge in [-0.3, -0.25) is 0 Å². The van der Waals surface area contributed by atoms with Crippen molar-refractivity contribution in [3.05, 3.63) is 54.4 Å². The van der Waals surface area contributed by atoms with Gasteiger partial charge in [0.15, 0.2) is 5.16 Å². The number of aryl methyl sites for hydroxylation is 1. The Kier molecular flexibility index (Phi) is 5.83. The molecule has 0 unspecified atom stereocenters. The predicted octanol–water partition coefficient (Wildman–Crippen LogP) is 2.30. The van der Waals surface area contributed by atoms with Crippen LogP contribution in [-0.4, -0.2) is 27.1 Å². The van der Waals surface area contributed by atoms with Crippen LogP contribution in [0.3, 0.4) is 0 Å². The number of nitrogens with zero attached hydrogens (tertiary/aromatic N) is 3. The minimum Gasteiger partial charge on any atom is -0.330 e. The molecule has 0 saturated carbocycles. The van der Waals surface area contributed by atoms with Gasteiger partial charge >= 0.3 is 0 Å². The Labute approximate surface area is 124 Å². The van der Waals surface area contributed by atoms with Gasteiger partial charge in [0, 0.05) is 18.7 Å². The van der Waals surface area contributed by atoms with E-state index in [9.17, 15) is 0 Å². The van der Waals surface area contributed by atoms with Crippen molar-refractivity contribution in [3.8, 4) is 0 Å². The summed E-state index contributed by atoms with van der Waals surface area (Å²) < 4.78 is 2.17. The lowest BCUT2D eigenvalue weighted by atomic mass is 10.1. The van der Waals surface area contributed by atoms with Gasteiger partial charge in [0.2, 0.25) is 0 Å². The second kappa shape index (κ2) is 7.87. The standard InChI is InChI=1S/C15H20N4S/c1-2-12-20-15-18-17-14(8-10-16)19(15)11-9-13-6-4-3-5-7-13/h2-7H,1,8-12,16H2.